The molecule has 0 saturated heterocycles. The molecule has 0 spiro atoms. The maximum absolute atomic E-state index is 12.2. The number of fused-ring (bicyclic) bond motifs is 1. The van der Waals surface area contributed by atoms with Crippen molar-refractivity contribution in [3.63, 3.8) is 0 Å². The molecule has 1 N–H and O–H groups in total. The Kier molecular flexibility index (Phi) is 5.58. The van der Waals surface area contributed by atoms with Crippen LogP contribution in [0.2, 0.25) is 0 Å². The van der Waals surface area contributed by atoms with Gasteiger partial charge in [0.15, 0.2) is 5.16 Å². The zero-order valence-electron chi connectivity index (χ0n) is 15.8. The molecule has 0 unspecified atom stereocenters. The summed E-state index contributed by atoms with van der Waals surface area (Å²) in [6.07, 6.45) is 2.78. The maximum Gasteiger partial charge on any atom is 0.234 e. The molecule has 0 radical (unpaired) electrons. The molecule has 4 rings (SSSR count). The Morgan fingerprint density at radius 1 is 1.11 bits per heavy atom. The van der Waals surface area contributed by atoms with Gasteiger partial charge in [-0.2, -0.15) is 0 Å². The monoisotopic (exact) mass is 390 g/mol. The number of amides is 1. The Bertz CT molecular complexity index is 974. The predicted molar refractivity (Wildman–Crippen MR) is 114 cm³/mol. The quantitative estimate of drug-likeness (QED) is 0.525. The van der Waals surface area contributed by atoms with Crippen LogP contribution in [0.25, 0.3) is 0 Å². The van der Waals surface area contributed by atoms with Gasteiger partial charge in [0.2, 0.25) is 5.91 Å². The summed E-state index contributed by atoms with van der Waals surface area (Å²) >= 11 is 1.35. The standard InChI is InChI=1S/C22H22N4OS/c1-16-6-8-19(9-7-16)24-21(27)15-28-22-23-12-10-20(25-22)26-13-11-17-4-2-3-5-18(17)14-26/h2-10,12H,11,13-15H2,1H3,(H,24,27). The molecule has 6 heteroatoms. The third-order valence-corrected chi connectivity index (χ3v) is 5.60. The van der Waals surface area contributed by atoms with Crippen molar-refractivity contribution >= 4 is 29.2 Å². The van der Waals surface area contributed by atoms with Crippen molar-refractivity contribution in [2.24, 2.45) is 0 Å². The van der Waals surface area contributed by atoms with Crippen LogP contribution in [-0.2, 0) is 17.8 Å². The van der Waals surface area contributed by atoms with E-state index in [2.05, 4.69) is 44.5 Å². The van der Waals surface area contributed by atoms with Crippen LogP contribution in [0.1, 0.15) is 16.7 Å². The van der Waals surface area contributed by atoms with Crippen LogP contribution in [0.4, 0.5) is 11.5 Å². The molecular weight excluding hydrogens is 368 g/mol. The van der Waals surface area contributed by atoms with Crippen molar-refractivity contribution in [3.05, 3.63) is 77.5 Å². The number of hydrogen-bond donors (Lipinski definition) is 1. The number of thioether (sulfide) groups is 1. The summed E-state index contributed by atoms with van der Waals surface area (Å²) in [5.41, 5.74) is 4.73. The number of benzene rings is 2. The number of carbonyl (C=O) groups excluding carboxylic acids is 1. The smallest absolute Gasteiger partial charge is 0.234 e. The first kappa shape index (κ1) is 18.5. The van der Waals surface area contributed by atoms with E-state index in [1.54, 1.807) is 6.20 Å². The van der Waals surface area contributed by atoms with Crippen LogP contribution in [0.5, 0.6) is 0 Å². The van der Waals surface area contributed by atoms with E-state index in [0.717, 1.165) is 36.6 Å². The van der Waals surface area contributed by atoms with E-state index in [0.29, 0.717) is 5.16 Å². The van der Waals surface area contributed by atoms with Gasteiger partial charge in [0, 0.05) is 25.0 Å². The lowest BCUT2D eigenvalue weighted by Crippen LogP contribution is -2.31. The number of aryl methyl sites for hydroxylation is 1. The minimum absolute atomic E-state index is 0.0604. The second-order valence-electron chi connectivity index (χ2n) is 6.84. The van der Waals surface area contributed by atoms with E-state index in [1.807, 2.05) is 37.3 Å². The minimum Gasteiger partial charge on any atom is -0.352 e. The lowest BCUT2D eigenvalue weighted by molar-refractivity contribution is -0.113. The van der Waals surface area contributed by atoms with Gasteiger partial charge in [0.1, 0.15) is 5.82 Å². The molecule has 1 aromatic heterocycles. The van der Waals surface area contributed by atoms with Crippen LogP contribution < -0.4 is 10.2 Å². The summed E-state index contributed by atoms with van der Waals surface area (Å²) in [5, 5.41) is 3.52. The summed E-state index contributed by atoms with van der Waals surface area (Å²) in [7, 11) is 0. The highest BCUT2D eigenvalue weighted by molar-refractivity contribution is 7.99. The average molecular weight is 391 g/mol. The Hall–Kier alpha value is -2.86. The third-order valence-electron chi connectivity index (χ3n) is 4.74. The molecule has 2 aromatic carbocycles. The highest BCUT2D eigenvalue weighted by Crippen LogP contribution is 2.24. The summed E-state index contributed by atoms with van der Waals surface area (Å²) in [6.45, 7) is 3.81. The van der Waals surface area contributed by atoms with Crippen LogP contribution >= 0.6 is 11.8 Å². The molecule has 28 heavy (non-hydrogen) atoms. The Morgan fingerprint density at radius 3 is 2.71 bits per heavy atom. The molecule has 5 nitrogen and oxygen atoms in total. The Labute approximate surface area is 169 Å². The lowest BCUT2D eigenvalue weighted by Gasteiger charge is -2.29. The number of anilines is 2. The normalized spacial score (nSPS) is 13.1. The summed E-state index contributed by atoms with van der Waals surface area (Å²) in [4.78, 5) is 23.4. The molecule has 0 bridgehead atoms. The highest BCUT2D eigenvalue weighted by atomic mass is 32.2. The zero-order valence-corrected chi connectivity index (χ0v) is 16.6. The molecule has 0 fully saturated rings. The molecule has 0 atom stereocenters. The molecule has 2 heterocycles. The van der Waals surface area contributed by atoms with Gasteiger partial charge in [-0.25, -0.2) is 9.97 Å². The summed E-state index contributed by atoms with van der Waals surface area (Å²) < 4.78 is 0. The first-order chi connectivity index (χ1) is 13.7. The van der Waals surface area contributed by atoms with Crippen molar-refractivity contribution in [2.45, 2.75) is 25.0 Å². The van der Waals surface area contributed by atoms with Crippen molar-refractivity contribution in [1.29, 1.82) is 0 Å². The van der Waals surface area contributed by atoms with Crippen molar-refractivity contribution in [3.8, 4) is 0 Å². The van der Waals surface area contributed by atoms with Crippen LogP contribution in [0, 0.1) is 6.92 Å². The number of aromatic nitrogens is 2. The Balaban J connectivity index is 1.36. The van der Waals surface area contributed by atoms with Gasteiger partial charge >= 0.3 is 0 Å². The lowest BCUT2D eigenvalue weighted by atomic mass is 10.00. The van der Waals surface area contributed by atoms with E-state index in [1.165, 1.54) is 22.9 Å². The molecule has 1 aliphatic heterocycles. The molecule has 3 aromatic rings. The molecule has 142 valence electrons. The topological polar surface area (TPSA) is 58.1 Å². The third kappa shape index (κ3) is 4.51. The van der Waals surface area contributed by atoms with E-state index in [4.69, 9.17) is 0 Å². The molecule has 1 amide bonds. The van der Waals surface area contributed by atoms with E-state index >= 15 is 0 Å². The second kappa shape index (κ2) is 8.44. The zero-order chi connectivity index (χ0) is 19.3. The van der Waals surface area contributed by atoms with E-state index < -0.39 is 0 Å². The SMILES string of the molecule is Cc1ccc(NC(=O)CSc2nccc(N3CCc4ccccc4C3)n2)cc1. The fourth-order valence-corrected chi connectivity index (χ4v) is 3.86. The van der Waals surface area contributed by atoms with Gasteiger partial charge in [0.05, 0.1) is 5.75 Å². The van der Waals surface area contributed by atoms with Gasteiger partial charge in [-0.15, -0.1) is 0 Å². The van der Waals surface area contributed by atoms with Gasteiger partial charge in [-0.05, 0) is 42.7 Å². The number of hydrogen-bond acceptors (Lipinski definition) is 5. The number of carbonyl (C=O) groups is 1. The first-order valence-corrected chi connectivity index (χ1v) is 10.3. The van der Waals surface area contributed by atoms with Gasteiger partial charge in [-0.3, -0.25) is 4.79 Å². The highest BCUT2D eigenvalue weighted by Gasteiger charge is 2.17. The van der Waals surface area contributed by atoms with E-state index in [9.17, 15) is 4.79 Å². The number of nitrogens with one attached hydrogen (secondary N) is 1. The Morgan fingerprint density at radius 2 is 1.89 bits per heavy atom. The van der Waals surface area contributed by atoms with Crippen LogP contribution in [0.15, 0.2) is 66.0 Å². The van der Waals surface area contributed by atoms with Gasteiger partial charge in [0.25, 0.3) is 0 Å². The number of nitrogens with zero attached hydrogens (tertiary/aromatic N) is 3. The predicted octanol–water partition coefficient (Wildman–Crippen LogP) is 4.08. The minimum atomic E-state index is -0.0604. The summed E-state index contributed by atoms with van der Waals surface area (Å²) in [6, 6.07) is 18.2. The van der Waals surface area contributed by atoms with Crippen molar-refractivity contribution < 1.29 is 4.79 Å². The first-order valence-electron chi connectivity index (χ1n) is 9.31. The summed E-state index contributed by atoms with van der Waals surface area (Å²) in [5.74, 6) is 1.13. The molecule has 0 saturated carbocycles. The van der Waals surface area contributed by atoms with Crippen molar-refractivity contribution in [2.75, 3.05) is 22.5 Å². The van der Waals surface area contributed by atoms with Crippen LogP contribution in [0.3, 0.4) is 0 Å². The van der Waals surface area contributed by atoms with Gasteiger partial charge < -0.3 is 10.2 Å². The fourth-order valence-electron chi connectivity index (χ4n) is 3.23. The average Bonchev–Trinajstić information content (AvgIpc) is 2.74. The molecular formula is C22H22N4OS. The number of rotatable bonds is 5. The molecule has 1 aliphatic rings. The maximum atomic E-state index is 12.2. The van der Waals surface area contributed by atoms with Gasteiger partial charge in [-0.1, -0.05) is 53.7 Å². The largest absolute Gasteiger partial charge is 0.352 e. The van der Waals surface area contributed by atoms with Crippen LogP contribution in [-0.4, -0.2) is 28.2 Å². The van der Waals surface area contributed by atoms with E-state index in [-0.39, 0.29) is 11.7 Å². The second-order valence-corrected chi connectivity index (χ2v) is 7.78. The molecule has 0 aliphatic carbocycles. The fraction of sp³-hybridized carbons (Fsp3) is 0.227. The van der Waals surface area contributed by atoms with Crippen molar-refractivity contribution in [1.82, 2.24) is 9.97 Å².